The molecular weight excluding hydrogens is 436 g/mol. The van der Waals surface area contributed by atoms with Crippen LogP contribution in [0.25, 0.3) is 25.6 Å². The van der Waals surface area contributed by atoms with E-state index < -0.39 is 5.82 Å². The zero-order valence-corrected chi connectivity index (χ0v) is 17.2. The molecule has 3 N–H and O–H groups in total. The number of nitrogens with zero attached hydrogens (tertiary/aromatic N) is 5. The van der Waals surface area contributed by atoms with Crippen molar-refractivity contribution >= 4 is 68.8 Å². The van der Waals surface area contributed by atoms with E-state index in [0.717, 1.165) is 6.20 Å². The Labute approximate surface area is 180 Å². The average Bonchev–Trinajstić information content (AvgIpc) is 3.09. The lowest BCUT2D eigenvalue weighted by molar-refractivity contribution is 0.632. The number of hydrogen-bond donors (Lipinski definition) is 2. The summed E-state index contributed by atoms with van der Waals surface area (Å²) < 4.78 is 14.8. The molecule has 0 saturated heterocycles. The van der Waals surface area contributed by atoms with Crippen LogP contribution >= 0.6 is 35.3 Å². The number of aromatic nitrogens is 4. The molecule has 0 saturated carbocycles. The summed E-state index contributed by atoms with van der Waals surface area (Å²) in [4.78, 5) is 20.1. The van der Waals surface area contributed by atoms with Gasteiger partial charge in [-0.25, -0.2) is 24.2 Å². The van der Waals surface area contributed by atoms with Crippen LogP contribution in [0.2, 0.25) is 5.02 Å². The third-order valence-electron chi connectivity index (χ3n) is 3.82. The molecule has 0 aliphatic heterocycles. The van der Waals surface area contributed by atoms with Crippen molar-refractivity contribution in [3.05, 3.63) is 58.4 Å². The van der Waals surface area contributed by atoms with Gasteiger partial charge in [-0.05, 0) is 13.0 Å². The van der Waals surface area contributed by atoms with Crippen molar-refractivity contribution in [2.24, 2.45) is 0 Å². The molecule has 3 aromatic heterocycles. The van der Waals surface area contributed by atoms with E-state index in [1.165, 1.54) is 11.3 Å². The van der Waals surface area contributed by atoms with Gasteiger partial charge in [0.15, 0.2) is 17.3 Å². The number of aryl methyl sites for hydroxylation is 1. The monoisotopic (exact) mass is 447 g/mol. The van der Waals surface area contributed by atoms with Crippen LogP contribution in [0.4, 0.5) is 27.7 Å². The van der Waals surface area contributed by atoms with Gasteiger partial charge in [0.2, 0.25) is 5.95 Å². The zero-order valence-electron chi connectivity index (χ0n) is 14.8. The maximum absolute atomic E-state index is 14.4. The Morgan fingerprint density at radius 3 is 2.79 bits per heavy atom. The SMILES string of the molecule is Cl.[C-]#[N+]c1cccc(Cl)c1-c1nc2c(F)cnc(Nc3cc(C)nc(N)n3)c2s1. The average molecular weight is 448 g/mol. The summed E-state index contributed by atoms with van der Waals surface area (Å²) in [7, 11) is 0. The number of nitrogens with one attached hydrogen (secondary N) is 1. The van der Waals surface area contributed by atoms with E-state index in [-0.39, 0.29) is 23.9 Å². The molecule has 3 heterocycles. The summed E-state index contributed by atoms with van der Waals surface area (Å²) in [5.74, 6) is 0.343. The van der Waals surface area contributed by atoms with Crippen LogP contribution in [0.5, 0.6) is 0 Å². The van der Waals surface area contributed by atoms with Gasteiger partial charge in [0.1, 0.15) is 21.0 Å². The highest BCUT2D eigenvalue weighted by Crippen LogP contribution is 2.42. The quantitative estimate of drug-likeness (QED) is 0.400. The second-order valence-corrected chi connectivity index (χ2v) is 7.18. The number of halogens is 3. The molecule has 11 heteroatoms. The number of nitrogen functional groups attached to an aromatic ring is 1. The number of nitrogens with two attached hydrogens (primary N) is 1. The molecule has 0 spiro atoms. The highest BCUT2D eigenvalue weighted by molar-refractivity contribution is 7.22. The minimum atomic E-state index is -0.571. The van der Waals surface area contributed by atoms with E-state index in [0.29, 0.717) is 43.3 Å². The predicted octanol–water partition coefficient (Wildman–Crippen LogP) is 5.55. The third kappa shape index (κ3) is 3.91. The number of benzene rings is 1. The minimum Gasteiger partial charge on any atom is -0.368 e. The number of thiazole rings is 1. The van der Waals surface area contributed by atoms with Gasteiger partial charge in [0.25, 0.3) is 0 Å². The van der Waals surface area contributed by atoms with Crippen molar-refractivity contribution in [2.45, 2.75) is 6.92 Å². The topological polar surface area (TPSA) is 94.0 Å². The van der Waals surface area contributed by atoms with Crippen LogP contribution in [-0.2, 0) is 0 Å². The smallest absolute Gasteiger partial charge is 0.222 e. The lowest BCUT2D eigenvalue weighted by Crippen LogP contribution is -2.02. The predicted molar refractivity (Wildman–Crippen MR) is 116 cm³/mol. The summed E-state index contributed by atoms with van der Waals surface area (Å²) in [6, 6.07) is 6.68. The lowest BCUT2D eigenvalue weighted by Gasteiger charge is -2.07. The molecule has 0 aliphatic carbocycles. The minimum absolute atomic E-state index is 0. The van der Waals surface area contributed by atoms with Crippen LogP contribution in [0.1, 0.15) is 5.69 Å². The third-order valence-corrected chi connectivity index (χ3v) is 5.21. The molecule has 0 bridgehead atoms. The Morgan fingerprint density at radius 1 is 1.28 bits per heavy atom. The molecular formula is C18H12Cl2FN7S. The molecule has 29 heavy (non-hydrogen) atoms. The zero-order chi connectivity index (χ0) is 19.8. The second kappa shape index (κ2) is 8.13. The molecule has 4 aromatic rings. The maximum atomic E-state index is 14.4. The summed E-state index contributed by atoms with van der Waals surface area (Å²) in [5, 5.41) is 3.83. The van der Waals surface area contributed by atoms with Gasteiger partial charge in [-0.1, -0.05) is 23.7 Å². The Hall–Kier alpha value is -3.06. The van der Waals surface area contributed by atoms with Crippen molar-refractivity contribution in [3.63, 3.8) is 0 Å². The van der Waals surface area contributed by atoms with Crippen molar-refractivity contribution in [3.8, 4) is 10.6 Å². The number of pyridine rings is 1. The molecule has 0 aliphatic rings. The van der Waals surface area contributed by atoms with Gasteiger partial charge >= 0.3 is 0 Å². The Morgan fingerprint density at radius 2 is 2.07 bits per heavy atom. The molecule has 0 unspecified atom stereocenters. The first kappa shape index (κ1) is 20.7. The molecule has 0 atom stereocenters. The van der Waals surface area contributed by atoms with Gasteiger partial charge in [-0.3, -0.25) is 0 Å². The number of fused-ring (bicyclic) bond motifs is 1. The number of rotatable bonds is 3. The van der Waals surface area contributed by atoms with Crippen LogP contribution in [0.3, 0.4) is 0 Å². The van der Waals surface area contributed by atoms with E-state index in [1.54, 1.807) is 31.2 Å². The summed E-state index contributed by atoms with van der Waals surface area (Å²) >= 11 is 7.47. The Kier molecular flexibility index (Phi) is 5.79. The summed E-state index contributed by atoms with van der Waals surface area (Å²) in [6.07, 6.45) is 1.08. The van der Waals surface area contributed by atoms with Gasteiger partial charge in [0, 0.05) is 22.3 Å². The van der Waals surface area contributed by atoms with Crippen LogP contribution in [-0.4, -0.2) is 19.9 Å². The number of hydrogen-bond acceptors (Lipinski definition) is 7. The largest absolute Gasteiger partial charge is 0.368 e. The molecule has 7 nitrogen and oxygen atoms in total. The van der Waals surface area contributed by atoms with Crippen LogP contribution < -0.4 is 11.1 Å². The van der Waals surface area contributed by atoms with Gasteiger partial charge in [-0.2, -0.15) is 4.98 Å². The maximum Gasteiger partial charge on any atom is 0.222 e. The highest BCUT2D eigenvalue weighted by atomic mass is 35.5. The van der Waals surface area contributed by atoms with Crippen LogP contribution in [0.15, 0.2) is 30.5 Å². The summed E-state index contributed by atoms with van der Waals surface area (Å²) in [5.41, 5.74) is 7.30. The highest BCUT2D eigenvalue weighted by Gasteiger charge is 2.19. The fourth-order valence-corrected chi connectivity index (χ4v) is 4.08. The van der Waals surface area contributed by atoms with Crippen molar-refractivity contribution in [1.29, 1.82) is 0 Å². The standard InChI is InChI=1S/C18H11ClFN7S.ClH/c1-8-6-12(26-18(21)24-8)25-16-15-14(10(20)7-23-16)27-17(28-15)13-9(19)4-3-5-11(13)22-2;/h3-7H,1H3,(H3,21,23,24,25,26);1H. The van der Waals surface area contributed by atoms with E-state index in [1.807, 2.05) is 0 Å². The van der Waals surface area contributed by atoms with Gasteiger partial charge < -0.3 is 11.1 Å². The molecule has 146 valence electrons. The molecule has 1 aromatic carbocycles. The van der Waals surface area contributed by atoms with E-state index in [9.17, 15) is 4.39 Å². The van der Waals surface area contributed by atoms with E-state index in [2.05, 4.69) is 30.1 Å². The first-order chi connectivity index (χ1) is 13.5. The fraction of sp³-hybridized carbons (Fsp3) is 0.0556. The van der Waals surface area contributed by atoms with Crippen molar-refractivity contribution in [2.75, 3.05) is 11.1 Å². The molecule has 0 fully saturated rings. The van der Waals surface area contributed by atoms with Crippen LogP contribution in [0, 0.1) is 19.3 Å². The molecule has 0 radical (unpaired) electrons. The first-order valence-corrected chi connectivity index (χ1v) is 9.15. The van der Waals surface area contributed by atoms with E-state index in [4.69, 9.17) is 23.9 Å². The van der Waals surface area contributed by atoms with Crippen molar-refractivity contribution in [1.82, 2.24) is 19.9 Å². The number of anilines is 3. The van der Waals surface area contributed by atoms with Gasteiger partial charge in [0.05, 0.1) is 12.8 Å². The van der Waals surface area contributed by atoms with Gasteiger partial charge in [-0.15, -0.1) is 23.7 Å². The first-order valence-electron chi connectivity index (χ1n) is 7.96. The Bertz CT molecular complexity index is 1250. The second-order valence-electron chi connectivity index (χ2n) is 5.78. The van der Waals surface area contributed by atoms with Crippen molar-refractivity contribution < 1.29 is 4.39 Å². The molecule has 4 rings (SSSR count). The summed E-state index contributed by atoms with van der Waals surface area (Å²) in [6.45, 7) is 9.14. The molecule has 0 amide bonds. The Balaban J connectivity index is 0.00000240. The van der Waals surface area contributed by atoms with E-state index >= 15 is 0 Å². The normalized spacial score (nSPS) is 10.4. The lowest BCUT2D eigenvalue weighted by atomic mass is 10.2. The fourth-order valence-electron chi connectivity index (χ4n) is 2.67.